The highest BCUT2D eigenvalue weighted by Gasteiger charge is 1.98. The molecule has 1 aliphatic heterocycles. The lowest BCUT2D eigenvalue weighted by molar-refractivity contribution is 0.0399. The van der Waals surface area contributed by atoms with Crippen LogP contribution in [0.15, 0.2) is 20.8 Å². The molecule has 0 spiro atoms. The second kappa shape index (κ2) is 1.63. The van der Waals surface area contributed by atoms with Crippen LogP contribution in [-0.2, 0) is 4.84 Å². The molecule has 0 bridgehead atoms. The van der Waals surface area contributed by atoms with Gasteiger partial charge in [-0.3, -0.25) is 0 Å². The lowest BCUT2D eigenvalue weighted by Gasteiger charge is -1.99. The molecular formula is C2H4N4O. The summed E-state index contributed by atoms with van der Waals surface area (Å²) in [5.74, 6) is 0. The summed E-state index contributed by atoms with van der Waals surface area (Å²) in [4.78, 5) is 4.48. The fourth-order valence-electron chi connectivity index (χ4n) is 0.223. The SMILES string of the molecule is CC1N=NN=NO1. The van der Waals surface area contributed by atoms with Crippen molar-refractivity contribution >= 4 is 0 Å². The zero-order valence-corrected chi connectivity index (χ0v) is 3.77. The average Bonchev–Trinajstić information content (AvgIpc) is 1.69. The third-order valence-electron chi connectivity index (χ3n) is 0.490. The van der Waals surface area contributed by atoms with Crippen LogP contribution in [0.2, 0.25) is 0 Å². The zero-order valence-electron chi connectivity index (χ0n) is 3.77. The van der Waals surface area contributed by atoms with Crippen LogP contribution in [0.1, 0.15) is 6.92 Å². The first-order valence-electron chi connectivity index (χ1n) is 1.85. The van der Waals surface area contributed by atoms with Crippen molar-refractivity contribution in [1.82, 2.24) is 0 Å². The Kier molecular flexibility index (Phi) is 0.972. The topological polar surface area (TPSA) is 58.7 Å². The van der Waals surface area contributed by atoms with Crippen molar-refractivity contribution in [2.45, 2.75) is 13.2 Å². The molecule has 0 saturated heterocycles. The molecule has 0 N–H and O–H groups in total. The Morgan fingerprint density at radius 3 is 2.57 bits per heavy atom. The van der Waals surface area contributed by atoms with Gasteiger partial charge in [-0.1, -0.05) is 0 Å². The van der Waals surface area contributed by atoms with Gasteiger partial charge in [-0.2, -0.15) is 0 Å². The maximum atomic E-state index is 4.48. The van der Waals surface area contributed by atoms with Gasteiger partial charge in [0.1, 0.15) is 0 Å². The molecule has 0 aromatic heterocycles. The molecule has 5 nitrogen and oxygen atoms in total. The van der Waals surface area contributed by atoms with Crippen molar-refractivity contribution in [3.63, 3.8) is 0 Å². The van der Waals surface area contributed by atoms with Crippen molar-refractivity contribution < 1.29 is 4.84 Å². The van der Waals surface area contributed by atoms with Gasteiger partial charge in [0.2, 0.25) is 6.23 Å². The Morgan fingerprint density at radius 2 is 2.29 bits per heavy atom. The van der Waals surface area contributed by atoms with Gasteiger partial charge in [-0.05, 0) is 12.1 Å². The quantitative estimate of drug-likeness (QED) is 0.449. The first-order chi connectivity index (χ1) is 3.39. The van der Waals surface area contributed by atoms with Gasteiger partial charge >= 0.3 is 0 Å². The maximum absolute atomic E-state index is 4.48. The van der Waals surface area contributed by atoms with Crippen molar-refractivity contribution in [3.05, 3.63) is 0 Å². The molecule has 1 rings (SSSR count). The summed E-state index contributed by atoms with van der Waals surface area (Å²) in [6.45, 7) is 1.72. The molecule has 0 fully saturated rings. The Balaban J connectivity index is 2.49. The largest absolute Gasteiger partial charge is 0.349 e. The molecule has 1 aliphatic rings. The molecule has 0 amide bonds. The van der Waals surface area contributed by atoms with Crippen LogP contribution in [0.3, 0.4) is 0 Å². The van der Waals surface area contributed by atoms with E-state index in [2.05, 4.69) is 25.7 Å². The molecule has 1 heterocycles. The predicted molar refractivity (Wildman–Crippen MR) is 20.3 cm³/mol. The second-order valence-electron chi connectivity index (χ2n) is 1.08. The number of nitrogens with zero attached hydrogens (tertiary/aromatic N) is 4. The molecule has 0 radical (unpaired) electrons. The Bertz CT molecular complexity index is 108. The van der Waals surface area contributed by atoms with Crippen LogP contribution in [0.4, 0.5) is 0 Å². The average molecular weight is 100 g/mol. The summed E-state index contributed by atoms with van der Waals surface area (Å²) >= 11 is 0. The third kappa shape index (κ3) is 0.918. The van der Waals surface area contributed by atoms with Crippen molar-refractivity contribution in [2.24, 2.45) is 20.8 Å². The van der Waals surface area contributed by atoms with Crippen LogP contribution in [0, 0.1) is 0 Å². The van der Waals surface area contributed by atoms with Gasteiger partial charge in [0.25, 0.3) is 0 Å². The Labute approximate surface area is 40.0 Å². The van der Waals surface area contributed by atoms with Gasteiger partial charge in [0, 0.05) is 5.22 Å². The van der Waals surface area contributed by atoms with Crippen LogP contribution in [-0.4, -0.2) is 6.23 Å². The van der Waals surface area contributed by atoms with Crippen molar-refractivity contribution in [1.29, 1.82) is 0 Å². The Hall–Kier alpha value is -1.00. The highest BCUT2D eigenvalue weighted by Crippen LogP contribution is 2.00. The standard InChI is InChI=1S/C2H4N4O/c1-2-3-4-5-6-7-2/h2H,1H3. The van der Waals surface area contributed by atoms with Gasteiger partial charge in [-0.15, -0.1) is 5.11 Å². The minimum atomic E-state index is -0.266. The van der Waals surface area contributed by atoms with Crippen LogP contribution in [0.25, 0.3) is 0 Å². The third-order valence-corrected chi connectivity index (χ3v) is 0.490. The van der Waals surface area contributed by atoms with E-state index in [-0.39, 0.29) is 6.23 Å². The maximum Gasteiger partial charge on any atom is 0.237 e. The number of hydrogen-bond acceptors (Lipinski definition) is 5. The molecular weight excluding hydrogens is 96.0 g/mol. The number of rotatable bonds is 0. The van der Waals surface area contributed by atoms with E-state index >= 15 is 0 Å². The van der Waals surface area contributed by atoms with E-state index in [1.807, 2.05) is 0 Å². The summed E-state index contributed by atoms with van der Waals surface area (Å²) in [7, 11) is 0. The number of hydrogen-bond donors (Lipinski definition) is 0. The Morgan fingerprint density at radius 1 is 1.43 bits per heavy atom. The summed E-state index contributed by atoms with van der Waals surface area (Å²) in [6, 6.07) is 0. The van der Waals surface area contributed by atoms with E-state index < -0.39 is 0 Å². The highest BCUT2D eigenvalue weighted by molar-refractivity contribution is 4.36. The molecule has 0 saturated carbocycles. The fourth-order valence-corrected chi connectivity index (χ4v) is 0.223. The molecule has 38 valence electrons. The lowest BCUT2D eigenvalue weighted by atomic mass is 10.7. The summed E-state index contributed by atoms with van der Waals surface area (Å²) < 4.78 is 0. The van der Waals surface area contributed by atoms with Gasteiger partial charge in [0.05, 0.1) is 5.28 Å². The fraction of sp³-hybridized carbons (Fsp3) is 1.00. The molecule has 1 unspecified atom stereocenters. The first-order valence-corrected chi connectivity index (χ1v) is 1.85. The monoisotopic (exact) mass is 100 g/mol. The van der Waals surface area contributed by atoms with E-state index in [4.69, 9.17) is 0 Å². The smallest absolute Gasteiger partial charge is 0.237 e. The zero-order chi connectivity index (χ0) is 5.11. The lowest BCUT2D eigenvalue weighted by Crippen LogP contribution is -1.99. The first kappa shape index (κ1) is 4.17. The second-order valence-corrected chi connectivity index (χ2v) is 1.08. The molecule has 7 heavy (non-hydrogen) atoms. The summed E-state index contributed by atoms with van der Waals surface area (Å²) in [5.41, 5.74) is 0. The minimum Gasteiger partial charge on any atom is -0.349 e. The molecule has 0 aromatic carbocycles. The van der Waals surface area contributed by atoms with E-state index in [1.165, 1.54) is 0 Å². The molecule has 5 heteroatoms. The highest BCUT2D eigenvalue weighted by atomic mass is 16.7. The van der Waals surface area contributed by atoms with Crippen LogP contribution in [0.5, 0.6) is 0 Å². The van der Waals surface area contributed by atoms with E-state index in [1.54, 1.807) is 6.92 Å². The molecule has 1 atom stereocenters. The van der Waals surface area contributed by atoms with Crippen LogP contribution < -0.4 is 0 Å². The van der Waals surface area contributed by atoms with Crippen LogP contribution >= 0.6 is 0 Å². The summed E-state index contributed by atoms with van der Waals surface area (Å²) in [6.07, 6.45) is -0.266. The van der Waals surface area contributed by atoms with Gasteiger partial charge in [0.15, 0.2) is 0 Å². The van der Waals surface area contributed by atoms with Gasteiger partial charge in [-0.25, -0.2) is 0 Å². The molecule has 0 aliphatic carbocycles. The van der Waals surface area contributed by atoms with E-state index in [9.17, 15) is 0 Å². The molecule has 0 aromatic rings. The van der Waals surface area contributed by atoms with Crippen molar-refractivity contribution in [3.8, 4) is 0 Å². The van der Waals surface area contributed by atoms with Gasteiger partial charge < -0.3 is 4.84 Å². The van der Waals surface area contributed by atoms with E-state index in [0.29, 0.717) is 0 Å². The normalized spacial score (nSPS) is 27.3. The minimum absolute atomic E-state index is 0.266. The van der Waals surface area contributed by atoms with Crippen molar-refractivity contribution in [2.75, 3.05) is 0 Å². The van der Waals surface area contributed by atoms with E-state index in [0.717, 1.165) is 0 Å². The predicted octanol–water partition coefficient (Wildman–Crippen LogP) is 1.10. The summed E-state index contributed by atoms with van der Waals surface area (Å²) in [5, 5.41) is 12.9.